The number of rotatable bonds is 4. The zero-order chi connectivity index (χ0) is 11.5. The quantitative estimate of drug-likeness (QED) is 0.824. The minimum atomic E-state index is 0.214. The predicted molar refractivity (Wildman–Crippen MR) is 64.0 cm³/mol. The summed E-state index contributed by atoms with van der Waals surface area (Å²) in [5.74, 6) is 0.562. The standard InChI is InChI=1S/C12H23N3/c1-10(6-8-13-12(2,3)4)11-7-9-14-15(11)5/h7,9-10,13H,6,8H2,1-5H3. The van der Waals surface area contributed by atoms with E-state index in [4.69, 9.17) is 0 Å². The van der Waals surface area contributed by atoms with Crippen LogP contribution < -0.4 is 5.32 Å². The first-order valence-corrected chi connectivity index (χ1v) is 5.63. The Hall–Kier alpha value is -0.830. The Morgan fingerprint density at radius 1 is 1.47 bits per heavy atom. The van der Waals surface area contributed by atoms with Crippen molar-refractivity contribution in [1.29, 1.82) is 0 Å². The molecular formula is C12H23N3. The smallest absolute Gasteiger partial charge is 0.0492 e. The molecule has 0 bridgehead atoms. The van der Waals surface area contributed by atoms with Crippen LogP contribution >= 0.6 is 0 Å². The van der Waals surface area contributed by atoms with Gasteiger partial charge in [0.15, 0.2) is 0 Å². The number of nitrogens with zero attached hydrogens (tertiary/aromatic N) is 2. The molecule has 3 heteroatoms. The molecule has 1 atom stereocenters. The molecule has 0 spiro atoms. The molecule has 1 aromatic heterocycles. The summed E-state index contributed by atoms with van der Waals surface area (Å²) >= 11 is 0. The Balaban J connectivity index is 2.37. The van der Waals surface area contributed by atoms with Crippen molar-refractivity contribution in [3.05, 3.63) is 18.0 Å². The monoisotopic (exact) mass is 209 g/mol. The maximum Gasteiger partial charge on any atom is 0.0492 e. The fourth-order valence-electron chi connectivity index (χ4n) is 1.68. The molecule has 0 aliphatic rings. The van der Waals surface area contributed by atoms with Crippen molar-refractivity contribution in [2.45, 2.75) is 45.6 Å². The van der Waals surface area contributed by atoms with Crippen molar-refractivity contribution in [3.8, 4) is 0 Å². The molecule has 0 radical (unpaired) electrons. The first-order chi connectivity index (χ1) is 6.90. The average molecular weight is 209 g/mol. The second kappa shape index (κ2) is 4.79. The van der Waals surface area contributed by atoms with E-state index >= 15 is 0 Å². The number of nitrogens with one attached hydrogen (secondary N) is 1. The van der Waals surface area contributed by atoms with Gasteiger partial charge in [-0.15, -0.1) is 0 Å². The Morgan fingerprint density at radius 2 is 2.13 bits per heavy atom. The highest BCUT2D eigenvalue weighted by atomic mass is 15.3. The van der Waals surface area contributed by atoms with Crippen LogP contribution in [0, 0.1) is 0 Å². The van der Waals surface area contributed by atoms with Crippen LogP contribution in [0.3, 0.4) is 0 Å². The van der Waals surface area contributed by atoms with Gasteiger partial charge in [0.1, 0.15) is 0 Å². The lowest BCUT2D eigenvalue weighted by Crippen LogP contribution is -2.36. The molecule has 15 heavy (non-hydrogen) atoms. The van der Waals surface area contributed by atoms with Gasteiger partial charge in [-0.05, 0) is 45.7 Å². The van der Waals surface area contributed by atoms with Crippen molar-refractivity contribution in [2.24, 2.45) is 7.05 Å². The summed E-state index contributed by atoms with van der Waals surface area (Å²) in [6, 6.07) is 2.10. The molecule has 3 nitrogen and oxygen atoms in total. The summed E-state index contributed by atoms with van der Waals surface area (Å²) in [5.41, 5.74) is 1.53. The molecule has 0 saturated carbocycles. The van der Waals surface area contributed by atoms with E-state index in [0.717, 1.165) is 13.0 Å². The molecule has 0 aromatic carbocycles. The first-order valence-electron chi connectivity index (χ1n) is 5.63. The average Bonchev–Trinajstić information content (AvgIpc) is 2.48. The summed E-state index contributed by atoms with van der Waals surface area (Å²) < 4.78 is 1.96. The molecule has 1 aromatic rings. The van der Waals surface area contributed by atoms with E-state index in [1.165, 1.54) is 5.69 Å². The molecule has 1 unspecified atom stereocenters. The first kappa shape index (κ1) is 12.2. The van der Waals surface area contributed by atoms with Crippen LogP contribution in [-0.4, -0.2) is 21.9 Å². The molecule has 0 amide bonds. The fraction of sp³-hybridized carbons (Fsp3) is 0.750. The van der Waals surface area contributed by atoms with Crippen LogP contribution in [0.15, 0.2) is 12.3 Å². The molecular weight excluding hydrogens is 186 g/mol. The van der Waals surface area contributed by atoms with Gasteiger partial charge in [-0.25, -0.2) is 0 Å². The third-order valence-corrected chi connectivity index (χ3v) is 2.60. The molecule has 1 N–H and O–H groups in total. The van der Waals surface area contributed by atoms with Gasteiger partial charge in [0.05, 0.1) is 0 Å². The predicted octanol–water partition coefficient (Wildman–Crippen LogP) is 2.30. The molecule has 86 valence electrons. The maximum atomic E-state index is 4.19. The highest BCUT2D eigenvalue weighted by Crippen LogP contribution is 2.17. The van der Waals surface area contributed by atoms with Crippen molar-refractivity contribution < 1.29 is 0 Å². The normalized spacial score (nSPS) is 14.2. The van der Waals surface area contributed by atoms with E-state index in [2.05, 4.69) is 44.2 Å². The van der Waals surface area contributed by atoms with Gasteiger partial charge in [0, 0.05) is 24.5 Å². The molecule has 1 rings (SSSR count). The zero-order valence-electron chi connectivity index (χ0n) is 10.5. The second-order valence-electron chi connectivity index (χ2n) is 5.25. The number of hydrogen-bond acceptors (Lipinski definition) is 2. The summed E-state index contributed by atoms with van der Waals surface area (Å²) in [6.07, 6.45) is 3.01. The zero-order valence-corrected chi connectivity index (χ0v) is 10.5. The van der Waals surface area contributed by atoms with E-state index in [1.54, 1.807) is 0 Å². The second-order valence-corrected chi connectivity index (χ2v) is 5.25. The topological polar surface area (TPSA) is 29.9 Å². The Kier molecular flexibility index (Phi) is 3.91. The Morgan fingerprint density at radius 3 is 2.60 bits per heavy atom. The Bertz CT molecular complexity index is 296. The number of aryl methyl sites for hydroxylation is 1. The van der Waals surface area contributed by atoms with Gasteiger partial charge in [-0.1, -0.05) is 6.92 Å². The lowest BCUT2D eigenvalue weighted by Gasteiger charge is -2.22. The third-order valence-electron chi connectivity index (χ3n) is 2.60. The van der Waals surface area contributed by atoms with Crippen LogP contribution in [0.2, 0.25) is 0 Å². The van der Waals surface area contributed by atoms with Crippen molar-refractivity contribution in [1.82, 2.24) is 15.1 Å². The van der Waals surface area contributed by atoms with E-state index in [0.29, 0.717) is 5.92 Å². The van der Waals surface area contributed by atoms with Crippen LogP contribution in [0.4, 0.5) is 0 Å². The van der Waals surface area contributed by atoms with Gasteiger partial charge >= 0.3 is 0 Å². The van der Waals surface area contributed by atoms with Crippen LogP contribution in [0.25, 0.3) is 0 Å². The Labute approximate surface area is 92.9 Å². The largest absolute Gasteiger partial charge is 0.312 e. The van der Waals surface area contributed by atoms with Gasteiger partial charge in [0.2, 0.25) is 0 Å². The van der Waals surface area contributed by atoms with Gasteiger partial charge in [-0.2, -0.15) is 5.10 Å². The number of hydrogen-bond donors (Lipinski definition) is 1. The van der Waals surface area contributed by atoms with Crippen LogP contribution in [-0.2, 0) is 7.05 Å². The molecule has 0 aliphatic carbocycles. The number of aromatic nitrogens is 2. The van der Waals surface area contributed by atoms with Gasteiger partial charge < -0.3 is 5.32 Å². The van der Waals surface area contributed by atoms with Crippen LogP contribution in [0.1, 0.15) is 45.7 Å². The van der Waals surface area contributed by atoms with E-state index < -0.39 is 0 Å². The van der Waals surface area contributed by atoms with Crippen molar-refractivity contribution >= 4 is 0 Å². The summed E-state index contributed by atoms with van der Waals surface area (Å²) in [6.45, 7) is 9.89. The fourth-order valence-corrected chi connectivity index (χ4v) is 1.68. The lowest BCUT2D eigenvalue weighted by molar-refractivity contribution is 0.410. The highest BCUT2D eigenvalue weighted by molar-refractivity contribution is 5.06. The highest BCUT2D eigenvalue weighted by Gasteiger charge is 2.12. The van der Waals surface area contributed by atoms with Crippen LogP contribution in [0.5, 0.6) is 0 Å². The maximum absolute atomic E-state index is 4.19. The van der Waals surface area contributed by atoms with E-state index in [-0.39, 0.29) is 5.54 Å². The summed E-state index contributed by atoms with van der Waals surface area (Å²) in [5, 5.41) is 7.70. The van der Waals surface area contributed by atoms with Gasteiger partial charge in [-0.3, -0.25) is 4.68 Å². The summed E-state index contributed by atoms with van der Waals surface area (Å²) in [7, 11) is 2.00. The summed E-state index contributed by atoms with van der Waals surface area (Å²) in [4.78, 5) is 0. The minimum absolute atomic E-state index is 0.214. The van der Waals surface area contributed by atoms with Crippen molar-refractivity contribution in [2.75, 3.05) is 6.54 Å². The van der Waals surface area contributed by atoms with E-state index in [9.17, 15) is 0 Å². The molecule has 0 saturated heterocycles. The minimum Gasteiger partial charge on any atom is -0.312 e. The van der Waals surface area contributed by atoms with Gasteiger partial charge in [0.25, 0.3) is 0 Å². The molecule has 0 aliphatic heterocycles. The van der Waals surface area contributed by atoms with E-state index in [1.807, 2.05) is 17.9 Å². The lowest BCUT2D eigenvalue weighted by atomic mass is 10.0. The SMILES string of the molecule is CC(CCNC(C)(C)C)c1ccnn1C. The van der Waals surface area contributed by atoms with Crippen molar-refractivity contribution in [3.63, 3.8) is 0 Å². The molecule has 0 fully saturated rings. The third kappa shape index (κ3) is 4.04. The molecule has 1 heterocycles.